The molecule has 1 saturated carbocycles. The third-order valence-electron chi connectivity index (χ3n) is 4.80. The van der Waals surface area contributed by atoms with E-state index in [2.05, 4.69) is 17.6 Å². The Morgan fingerprint density at radius 2 is 1.84 bits per heavy atom. The second kappa shape index (κ2) is 7.28. The van der Waals surface area contributed by atoms with E-state index in [0.717, 1.165) is 32.2 Å². The molecule has 1 atom stereocenters. The molecule has 0 aromatic heterocycles. The fourth-order valence-corrected chi connectivity index (χ4v) is 3.68. The van der Waals surface area contributed by atoms with Gasteiger partial charge in [0.2, 0.25) is 5.91 Å². The zero-order valence-corrected chi connectivity index (χ0v) is 12.5. The second-order valence-electron chi connectivity index (χ2n) is 6.38. The molecule has 3 heteroatoms. The lowest BCUT2D eigenvalue weighted by Gasteiger charge is -2.31. The van der Waals surface area contributed by atoms with Crippen molar-refractivity contribution in [1.29, 1.82) is 0 Å². The molecule has 0 radical (unpaired) electrons. The summed E-state index contributed by atoms with van der Waals surface area (Å²) in [4.78, 5) is 12.7. The van der Waals surface area contributed by atoms with Crippen LogP contribution in [0, 0.1) is 0 Å². The maximum atomic E-state index is 12.7. The molecule has 1 amide bonds. The molecule has 1 unspecified atom stereocenters. The molecule has 1 heterocycles. The molecule has 1 saturated heterocycles. The van der Waals surface area contributed by atoms with Crippen LogP contribution in [-0.4, -0.2) is 24.0 Å². The van der Waals surface area contributed by atoms with Crippen molar-refractivity contribution in [3.63, 3.8) is 0 Å². The molecule has 3 nitrogen and oxygen atoms in total. The van der Waals surface area contributed by atoms with Crippen molar-refractivity contribution in [1.82, 2.24) is 10.6 Å². The molecule has 2 fully saturated rings. The molecule has 2 rings (SSSR count). The van der Waals surface area contributed by atoms with E-state index in [1.54, 1.807) is 0 Å². The smallest absolute Gasteiger partial charge is 0.240 e. The third kappa shape index (κ3) is 3.95. The summed E-state index contributed by atoms with van der Waals surface area (Å²) in [5.74, 6) is 0.275. The Morgan fingerprint density at radius 3 is 2.42 bits per heavy atom. The Labute approximate surface area is 117 Å². The number of nitrogens with one attached hydrogen (secondary N) is 2. The van der Waals surface area contributed by atoms with Crippen LogP contribution in [-0.2, 0) is 4.79 Å². The van der Waals surface area contributed by atoms with Crippen LogP contribution in [0.25, 0.3) is 0 Å². The first-order chi connectivity index (χ1) is 9.27. The molecule has 2 aliphatic rings. The number of amides is 1. The summed E-state index contributed by atoms with van der Waals surface area (Å²) in [6, 6.07) is 0.420. The highest BCUT2D eigenvalue weighted by Crippen LogP contribution is 2.26. The minimum Gasteiger partial charge on any atom is -0.352 e. The Kier molecular flexibility index (Phi) is 5.68. The average molecular weight is 266 g/mol. The van der Waals surface area contributed by atoms with Gasteiger partial charge in [0.25, 0.3) is 0 Å². The van der Waals surface area contributed by atoms with Crippen LogP contribution in [0.5, 0.6) is 0 Å². The summed E-state index contributed by atoms with van der Waals surface area (Å²) in [7, 11) is 0. The van der Waals surface area contributed by atoms with Gasteiger partial charge in [-0.15, -0.1) is 0 Å². The molecule has 110 valence electrons. The number of rotatable bonds is 4. The van der Waals surface area contributed by atoms with Gasteiger partial charge in [-0.25, -0.2) is 0 Å². The fourth-order valence-electron chi connectivity index (χ4n) is 3.68. The number of carbonyl (C=O) groups excluding carboxylic acids is 1. The summed E-state index contributed by atoms with van der Waals surface area (Å²) in [6.07, 6.45) is 13.2. The van der Waals surface area contributed by atoms with Gasteiger partial charge in [0.05, 0.1) is 5.54 Å². The van der Waals surface area contributed by atoms with Crippen LogP contribution >= 0.6 is 0 Å². The number of hydrogen-bond donors (Lipinski definition) is 2. The summed E-state index contributed by atoms with van der Waals surface area (Å²) in [5, 5.41) is 6.83. The Bertz CT molecular complexity index is 276. The van der Waals surface area contributed by atoms with Crippen molar-refractivity contribution in [3.05, 3.63) is 0 Å². The van der Waals surface area contributed by atoms with E-state index in [1.165, 1.54) is 44.9 Å². The lowest BCUT2D eigenvalue weighted by molar-refractivity contribution is -0.128. The predicted molar refractivity (Wildman–Crippen MR) is 79.1 cm³/mol. The van der Waals surface area contributed by atoms with Gasteiger partial charge in [0.15, 0.2) is 0 Å². The van der Waals surface area contributed by atoms with Crippen LogP contribution in [0.4, 0.5) is 0 Å². The standard InChI is InChI=1S/C16H30N2O/c1-2-11-16(12-8-13-17-16)15(19)18-14-9-6-4-3-5-7-10-14/h14,17H,2-13H2,1H3,(H,18,19). The van der Waals surface area contributed by atoms with E-state index >= 15 is 0 Å². The first-order valence-electron chi connectivity index (χ1n) is 8.33. The molecule has 1 aliphatic carbocycles. The van der Waals surface area contributed by atoms with E-state index in [4.69, 9.17) is 0 Å². The fraction of sp³-hybridized carbons (Fsp3) is 0.938. The zero-order valence-electron chi connectivity index (χ0n) is 12.5. The van der Waals surface area contributed by atoms with Crippen molar-refractivity contribution in [2.75, 3.05) is 6.54 Å². The second-order valence-corrected chi connectivity index (χ2v) is 6.38. The predicted octanol–water partition coefficient (Wildman–Crippen LogP) is 3.14. The van der Waals surface area contributed by atoms with Crippen LogP contribution in [0.15, 0.2) is 0 Å². The van der Waals surface area contributed by atoms with Gasteiger partial charge in [-0.1, -0.05) is 45.4 Å². The molecule has 19 heavy (non-hydrogen) atoms. The first-order valence-corrected chi connectivity index (χ1v) is 8.33. The van der Waals surface area contributed by atoms with Crippen LogP contribution in [0.2, 0.25) is 0 Å². The van der Waals surface area contributed by atoms with Crippen LogP contribution in [0.1, 0.15) is 77.6 Å². The average Bonchev–Trinajstić information content (AvgIpc) is 2.82. The molecule has 1 aliphatic heterocycles. The molecular formula is C16H30N2O. The highest BCUT2D eigenvalue weighted by molar-refractivity contribution is 5.86. The molecule has 2 N–H and O–H groups in total. The van der Waals surface area contributed by atoms with Gasteiger partial charge in [0, 0.05) is 6.04 Å². The minimum absolute atomic E-state index is 0.253. The summed E-state index contributed by atoms with van der Waals surface area (Å²) in [5.41, 5.74) is -0.253. The maximum absolute atomic E-state index is 12.7. The van der Waals surface area contributed by atoms with Crippen molar-refractivity contribution < 1.29 is 4.79 Å². The zero-order chi connectivity index (χ0) is 13.6. The lowest BCUT2D eigenvalue weighted by atomic mass is 9.89. The molecule has 0 aromatic carbocycles. The van der Waals surface area contributed by atoms with Crippen molar-refractivity contribution >= 4 is 5.91 Å². The van der Waals surface area contributed by atoms with E-state index < -0.39 is 0 Å². The van der Waals surface area contributed by atoms with E-state index in [0.29, 0.717) is 6.04 Å². The van der Waals surface area contributed by atoms with Gasteiger partial charge in [-0.2, -0.15) is 0 Å². The quantitative estimate of drug-likeness (QED) is 0.821. The third-order valence-corrected chi connectivity index (χ3v) is 4.80. The largest absolute Gasteiger partial charge is 0.352 e. The highest BCUT2D eigenvalue weighted by Gasteiger charge is 2.40. The van der Waals surface area contributed by atoms with Gasteiger partial charge in [-0.05, 0) is 38.6 Å². The molecule has 0 spiro atoms. The Hall–Kier alpha value is -0.570. The Balaban J connectivity index is 1.90. The Morgan fingerprint density at radius 1 is 1.16 bits per heavy atom. The van der Waals surface area contributed by atoms with E-state index in [1.807, 2.05) is 0 Å². The highest BCUT2D eigenvalue weighted by atomic mass is 16.2. The number of hydrogen-bond acceptors (Lipinski definition) is 2. The number of carbonyl (C=O) groups is 1. The maximum Gasteiger partial charge on any atom is 0.240 e. The lowest BCUT2D eigenvalue weighted by Crippen LogP contribution is -2.55. The molecule has 0 bridgehead atoms. The van der Waals surface area contributed by atoms with Gasteiger partial charge < -0.3 is 10.6 Å². The molecule has 0 aromatic rings. The van der Waals surface area contributed by atoms with Crippen molar-refractivity contribution in [2.24, 2.45) is 0 Å². The summed E-state index contributed by atoms with van der Waals surface area (Å²) >= 11 is 0. The first kappa shape index (κ1) is 14.8. The molecular weight excluding hydrogens is 236 g/mol. The van der Waals surface area contributed by atoms with Crippen molar-refractivity contribution in [2.45, 2.75) is 89.1 Å². The SMILES string of the molecule is CCCC1(C(=O)NC2CCCCCCC2)CCCN1. The van der Waals surface area contributed by atoms with E-state index in [-0.39, 0.29) is 11.4 Å². The summed E-state index contributed by atoms with van der Waals surface area (Å²) < 4.78 is 0. The normalized spacial score (nSPS) is 29.7. The topological polar surface area (TPSA) is 41.1 Å². The van der Waals surface area contributed by atoms with E-state index in [9.17, 15) is 4.79 Å². The minimum atomic E-state index is -0.253. The van der Waals surface area contributed by atoms with Crippen LogP contribution in [0.3, 0.4) is 0 Å². The van der Waals surface area contributed by atoms with Crippen molar-refractivity contribution in [3.8, 4) is 0 Å². The van der Waals surface area contributed by atoms with Gasteiger partial charge >= 0.3 is 0 Å². The monoisotopic (exact) mass is 266 g/mol. The van der Waals surface area contributed by atoms with Gasteiger partial charge in [0.1, 0.15) is 0 Å². The summed E-state index contributed by atoms with van der Waals surface area (Å²) in [6.45, 7) is 3.17. The van der Waals surface area contributed by atoms with Crippen LogP contribution < -0.4 is 10.6 Å². The van der Waals surface area contributed by atoms with Gasteiger partial charge in [-0.3, -0.25) is 4.79 Å².